The Kier molecular flexibility index (Phi) is 5.47. The molecule has 5 nitrogen and oxygen atoms in total. The average Bonchev–Trinajstić information content (AvgIpc) is 2.66. The maximum Gasteiger partial charge on any atom is 0.258 e. The highest BCUT2D eigenvalue weighted by Gasteiger charge is 2.42. The molecule has 0 spiro atoms. The van der Waals surface area contributed by atoms with E-state index in [1.807, 2.05) is 60.4 Å². The maximum atomic E-state index is 13.1. The molecule has 0 radical (unpaired) electrons. The van der Waals surface area contributed by atoms with Gasteiger partial charge in [0.15, 0.2) is 0 Å². The zero-order valence-corrected chi connectivity index (χ0v) is 15.6. The van der Waals surface area contributed by atoms with Crippen molar-refractivity contribution < 1.29 is 14.3 Å². The molecule has 1 heterocycles. The van der Waals surface area contributed by atoms with Crippen molar-refractivity contribution in [2.75, 3.05) is 32.2 Å². The van der Waals surface area contributed by atoms with E-state index < -0.39 is 5.66 Å². The fourth-order valence-corrected chi connectivity index (χ4v) is 3.37. The first-order valence-electron chi connectivity index (χ1n) is 9.01. The average molecular weight is 354 g/mol. The van der Waals surface area contributed by atoms with Crippen molar-refractivity contribution in [1.82, 2.24) is 4.90 Å². The van der Waals surface area contributed by atoms with Crippen LogP contribution in [0.3, 0.4) is 0 Å². The van der Waals surface area contributed by atoms with Crippen molar-refractivity contribution in [3.63, 3.8) is 0 Å². The van der Waals surface area contributed by atoms with Crippen LogP contribution in [0.5, 0.6) is 5.75 Å². The lowest BCUT2D eigenvalue weighted by Crippen LogP contribution is -2.56. The van der Waals surface area contributed by atoms with E-state index in [1.54, 1.807) is 7.11 Å². The van der Waals surface area contributed by atoms with Crippen molar-refractivity contribution >= 4 is 11.6 Å². The molecule has 0 saturated heterocycles. The van der Waals surface area contributed by atoms with E-state index in [2.05, 4.69) is 12.2 Å². The molecule has 0 saturated carbocycles. The van der Waals surface area contributed by atoms with Gasteiger partial charge in [-0.1, -0.05) is 31.2 Å². The van der Waals surface area contributed by atoms with Crippen LogP contribution in [0.1, 0.15) is 36.2 Å². The third-order valence-corrected chi connectivity index (χ3v) is 4.72. The highest BCUT2D eigenvalue weighted by atomic mass is 16.5. The third kappa shape index (κ3) is 3.40. The number of para-hydroxylation sites is 1. The molecule has 1 atom stereocenters. The summed E-state index contributed by atoms with van der Waals surface area (Å²) >= 11 is 0. The number of carbonyl (C=O) groups excluding carboxylic acids is 1. The molecule has 0 aromatic heterocycles. The lowest BCUT2D eigenvalue weighted by molar-refractivity contribution is 0.0534. The molecule has 1 amide bonds. The lowest BCUT2D eigenvalue weighted by Gasteiger charge is -2.46. The largest absolute Gasteiger partial charge is 0.491 e. The second kappa shape index (κ2) is 7.79. The molecule has 3 rings (SSSR count). The van der Waals surface area contributed by atoms with Crippen LogP contribution in [0, 0.1) is 0 Å². The van der Waals surface area contributed by atoms with Crippen LogP contribution in [0.25, 0.3) is 0 Å². The number of hydrogen-bond acceptors (Lipinski definition) is 4. The van der Waals surface area contributed by atoms with E-state index in [1.165, 1.54) is 0 Å². The number of carbonyl (C=O) groups is 1. The molecule has 138 valence electrons. The molecular weight excluding hydrogens is 328 g/mol. The van der Waals surface area contributed by atoms with E-state index >= 15 is 0 Å². The Hall–Kier alpha value is -2.53. The minimum Gasteiger partial charge on any atom is -0.491 e. The highest BCUT2D eigenvalue weighted by molar-refractivity contribution is 6.02. The zero-order chi connectivity index (χ0) is 18.6. The molecule has 0 fully saturated rings. The number of amides is 1. The number of anilines is 1. The Balaban J connectivity index is 1.98. The van der Waals surface area contributed by atoms with Gasteiger partial charge >= 0.3 is 0 Å². The summed E-state index contributed by atoms with van der Waals surface area (Å²) in [6.07, 6.45) is 0.884. The van der Waals surface area contributed by atoms with Gasteiger partial charge in [-0.05, 0) is 37.6 Å². The van der Waals surface area contributed by atoms with Crippen LogP contribution in [-0.4, -0.2) is 37.7 Å². The van der Waals surface area contributed by atoms with Crippen LogP contribution in [0.4, 0.5) is 5.69 Å². The molecule has 1 N–H and O–H groups in total. The zero-order valence-electron chi connectivity index (χ0n) is 15.6. The summed E-state index contributed by atoms with van der Waals surface area (Å²) < 4.78 is 10.8. The molecule has 0 bridgehead atoms. The predicted molar refractivity (Wildman–Crippen MR) is 103 cm³/mol. The van der Waals surface area contributed by atoms with Gasteiger partial charge in [-0.15, -0.1) is 0 Å². The Morgan fingerprint density at radius 2 is 1.92 bits per heavy atom. The first-order chi connectivity index (χ1) is 12.6. The van der Waals surface area contributed by atoms with Gasteiger partial charge in [0.2, 0.25) is 0 Å². The molecule has 2 aromatic rings. The second-order valence-electron chi connectivity index (χ2n) is 6.57. The number of nitrogens with one attached hydrogen (secondary N) is 1. The van der Waals surface area contributed by atoms with Gasteiger partial charge in [0.05, 0.1) is 12.2 Å². The molecule has 5 heteroatoms. The molecule has 2 aromatic carbocycles. The number of ether oxygens (including phenoxy) is 2. The summed E-state index contributed by atoms with van der Waals surface area (Å²) in [6, 6.07) is 15.6. The van der Waals surface area contributed by atoms with Crippen LogP contribution in [0.15, 0.2) is 48.5 Å². The monoisotopic (exact) mass is 354 g/mol. The summed E-state index contributed by atoms with van der Waals surface area (Å²) in [7, 11) is 1.65. The van der Waals surface area contributed by atoms with E-state index in [0.717, 1.165) is 23.4 Å². The summed E-state index contributed by atoms with van der Waals surface area (Å²) in [5.74, 6) is 0.819. The molecule has 26 heavy (non-hydrogen) atoms. The molecular formula is C21H26N2O3. The minimum atomic E-state index is -0.637. The van der Waals surface area contributed by atoms with Gasteiger partial charge < -0.3 is 19.7 Å². The smallest absolute Gasteiger partial charge is 0.258 e. The van der Waals surface area contributed by atoms with Gasteiger partial charge in [0.25, 0.3) is 5.91 Å². The summed E-state index contributed by atoms with van der Waals surface area (Å²) in [5.41, 5.74) is 1.93. The number of nitrogens with zero attached hydrogens (tertiary/aromatic N) is 1. The third-order valence-electron chi connectivity index (χ3n) is 4.72. The van der Waals surface area contributed by atoms with Gasteiger partial charge in [0.1, 0.15) is 18.0 Å². The number of rotatable bonds is 7. The van der Waals surface area contributed by atoms with Gasteiger partial charge in [0, 0.05) is 24.9 Å². The summed E-state index contributed by atoms with van der Waals surface area (Å²) in [4.78, 5) is 15.0. The maximum absolute atomic E-state index is 13.1. The van der Waals surface area contributed by atoms with E-state index in [-0.39, 0.29) is 5.91 Å². The Morgan fingerprint density at radius 1 is 1.12 bits per heavy atom. The van der Waals surface area contributed by atoms with Gasteiger partial charge in [-0.3, -0.25) is 4.79 Å². The SMILES string of the molecule is CCCN1C(=O)c2ccccc2NC1(C)c1cccc(OCCOC)c1. The van der Waals surface area contributed by atoms with E-state index in [0.29, 0.717) is 25.3 Å². The van der Waals surface area contributed by atoms with Crippen LogP contribution in [-0.2, 0) is 10.4 Å². The molecule has 1 unspecified atom stereocenters. The second-order valence-corrected chi connectivity index (χ2v) is 6.57. The van der Waals surface area contributed by atoms with Crippen LogP contribution >= 0.6 is 0 Å². The number of methoxy groups -OCH3 is 1. The molecule has 1 aliphatic rings. The Bertz CT molecular complexity index is 777. The van der Waals surface area contributed by atoms with E-state index in [4.69, 9.17) is 9.47 Å². The van der Waals surface area contributed by atoms with Gasteiger partial charge in [-0.2, -0.15) is 0 Å². The van der Waals surface area contributed by atoms with E-state index in [9.17, 15) is 4.79 Å². The topological polar surface area (TPSA) is 50.8 Å². The standard InChI is InChI=1S/C21H26N2O3/c1-4-12-23-20(24)18-10-5-6-11-19(18)22-21(23,2)16-8-7-9-17(15-16)26-14-13-25-3/h5-11,15,22H,4,12-14H2,1-3H3. The lowest BCUT2D eigenvalue weighted by atomic mass is 9.93. The number of benzene rings is 2. The van der Waals surface area contributed by atoms with Crippen LogP contribution in [0.2, 0.25) is 0 Å². The van der Waals surface area contributed by atoms with Crippen molar-refractivity contribution in [1.29, 1.82) is 0 Å². The fraction of sp³-hybridized carbons (Fsp3) is 0.381. The number of fused-ring (bicyclic) bond motifs is 1. The minimum absolute atomic E-state index is 0.0504. The summed E-state index contributed by atoms with van der Waals surface area (Å²) in [6.45, 7) is 5.83. The van der Waals surface area contributed by atoms with Crippen LogP contribution < -0.4 is 10.1 Å². The van der Waals surface area contributed by atoms with Gasteiger partial charge in [-0.25, -0.2) is 0 Å². The Labute approximate surface area is 154 Å². The first kappa shape index (κ1) is 18.3. The normalized spacial score (nSPS) is 19.0. The molecule has 1 aliphatic heterocycles. The number of hydrogen-bond donors (Lipinski definition) is 1. The van der Waals surface area contributed by atoms with Crippen molar-refractivity contribution in [3.8, 4) is 5.75 Å². The van der Waals surface area contributed by atoms with Crippen molar-refractivity contribution in [3.05, 3.63) is 59.7 Å². The fourth-order valence-electron chi connectivity index (χ4n) is 3.37. The quantitative estimate of drug-likeness (QED) is 0.767. The Morgan fingerprint density at radius 3 is 2.69 bits per heavy atom. The van der Waals surface area contributed by atoms with Crippen molar-refractivity contribution in [2.45, 2.75) is 25.9 Å². The first-order valence-corrected chi connectivity index (χ1v) is 9.01. The predicted octanol–water partition coefficient (Wildman–Crippen LogP) is 3.86. The summed E-state index contributed by atoms with van der Waals surface area (Å²) in [5, 5.41) is 3.57. The highest BCUT2D eigenvalue weighted by Crippen LogP contribution is 2.38. The van der Waals surface area contributed by atoms with Crippen molar-refractivity contribution in [2.24, 2.45) is 0 Å². The molecule has 0 aliphatic carbocycles.